The number of sulfone groups is 1. The molecule has 7 aromatic rings. The number of H-pyrrole nitrogens is 1. The van der Waals surface area contributed by atoms with Crippen LogP contribution in [0, 0.1) is 0 Å². The van der Waals surface area contributed by atoms with Gasteiger partial charge >= 0.3 is 6.09 Å². The van der Waals surface area contributed by atoms with Crippen molar-refractivity contribution >= 4 is 45.1 Å². The molecule has 0 spiro atoms. The second-order valence-electron chi connectivity index (χ2n) is 19.5. The first-order valence-corrected chi connectivity index (χ1v) is 29.9. The summed E-state index contributed by atoms with van der Waals surface area (Å²) >= 11 is 0. The number of fused-ring (bicyclic) bond motifs is 1. The second kappa shape index (κ2) is 21.4. The number of nitrogens with zero attached hydrogens (tertiary/aromatic N) is 6. The molecule has 0 fully saturated rings. The second-order valence-corrected chi connectivity index (χ2v) is 29.1. The van der Waals surface area contributed by atoms with E-state index in [2.05, 4.69) is 40.3 Å². The predicted molar refractivity (Wildman–Crippen MR) is 276 cm³/mol. The number of amides is 1. The molecule has 2 N–H and O–H groups in total. The molecule has 5 aromatic carbocycles. The zero-order valence-electron chi connectivity index (χ0n) is 41.8. The third-order valence-corrected chi connectivity index (χ3v) is 17.4. The van der Waals surface area contributed by atoms with Gasteiger partial charge in [-0.15, -0.1) is 10.2 Å². The van der Waals surface area contributed by atoms with Gasteiger partial charge in [-0.3, -0.25) is 0 Å². The van der Waals surface area contributed by atoms with Gasteiger partial charge in [0.2, 0.25) is 15.8 Å². The molecule has 17 nitrogen and oxygen atoms in total. The third-order valence-electron chi connectivity index (χ3n) is 11.5. The standard InChI is InChI=1S/C51H62N8O9S2Si/c1-34(52-50(60)68-51(2,3)4)30-45-53-43-13-11-12-42(47(43)54-45)41-26-27-44(69(61,62)28-29-71(8,9)10)48(46(41)49-55-57-59(56-49)33-37-18-24-40(67-7)25-19-37)70(63,64)58(31-35-14-20-38(65-5)21-15-35)32-36-16-22-39(66-6)23-17-36/h11-27,34H,28-33H2,1-10H3,(H,52,60)(H,53,54). The number of aromatic amines is 1. The van der Waals surface area contributed by atoms with Crippen LogP contribution in [-0.2, 0) is 50.7 Å². The van der Waals surface area contributed by atoms with E-state index in [9.17, 15) is 4.79 Å². The Hall–Kier alpha value is -6.61. The number of carbonyl (C=O) groups is 1. The zero-order chi connectivity index (χ0) is 51.3. The highest BCUT2D eigenvalue weighted by atomic mass is 32.2. The van der Waals surface area contributed by atoms with Gasteiger partial charge in [-0.1, -0.05) is 74.2 Å². The number of nitrogens with one attached hydrogen (secondary N) is 2. The summed E-state index contributed by atoms with van der Waals surface area (Å²) in [7, 11) is -6.50. The van der Waals surface area contributed by atoms with Gasteiger partial charge in [0, 0.05) is 39.2 Å². The van der Waals surface area contributed by atoms with Crippen molar-refractivity contribution in [1.82, 2.24) is 39.8 Å². The number of alkyl carbamates (subject to hydrolysis) is 1. The van der Waals surface area contributed by atoms with Crippen LogP contribution in [0.5, 0.6) is 17.2 Å². The summed E-state index contributed by atoms with van der Waals surface area (Å²) in [5.41, 5.74) is 3.14. The fourth-order valence-corrected chi connectivity index (χ4v) is 14.6. The van der Waals surface area contributed by atoms with E-state index >= 15 is 16.8 Å². The van der Waals surface area contributed by atoms with Crippen LogP contribution in [0.3, 0.4) is 0 Å². The number of tetrazole rings is 1. The van der Waals surface area contributed by atoms with Gasteiger partial charge < -0.3 is 29.2 Å². The van der Waals surface area contributed by atoms with Gasteiger partial charge in [-0.05, 0) is 110 Å². The Morgan fingerprint density at radius 2 is 1.34 bits per heavy atom. The van der Waals surface area contributed by atoms with Gasteiger partial charge in [0.25, 0.3) is 0 Å². The highest BCUT2D eigenvalue weighted by molar-refractivity contribution is 7.93. The first-order valence-electron chi connectivity index (χ1n) is 23.1. The van der Waals surface area contributed by atoms with Crippen LogP contribution in [-0.4, -0.2) is 104 Å². The minimum atomic E-state index is -4.86. The van der Waals surface area contributed by atoms with Gasteiger partial charge in [0.05, 0.1) is 55.1 Å². The molecule has 1 amide bonds. The van der Waals surface area contributed by atoms with Crippen LogP contribution in [0.2, 0.25) is 25.7 Å². The fourth-order valence-electron chi connectivity index (χ4n) is 7.84. The normalized spacial score (nSPS) is 12.8. The van der Waals surface area contributed by atoms with Crippen LogP contribution >= 0.6 is 0 Å². The SMILES string of the molecule is COc1ccc(CN(Cc2ccc(OC)cc2)S(=O)(=O)c2c(S(=O)(=O)CC[Si](C)(C)C)ccc(-c3cccc4[nH]c(CC(C)NC(=O)OC(C)(C)C)nc34)c2-c2nnn(Cc3ccc(OC)cc3)n2)cc1. The molecule has 20 heteroatoms. The van der Waals surface area contributed by atoms with Gasteiger partial charge in [0.1, 0.15) is 33.6 Å². The van der Waals surface area contributed by atoms with E-state index in [4.69, 9.17) is 29.0 Å². The Labute approximate surface area is 416 Å². The molecule has 2 heterocycles. The number of imidazole rings is 1. The number of methoxy groups -OCH3 is 3. The van der Waals surface area contributed by atoms with Crippen LogP contribution in [0.25, 0.3) is 33.5 Å². The molecule has 0 aliphatic rings. The maximum Gasteiger partial charge on any atom is 0.407 e. The van der Waals surface area contributed by atoms with Crippen molar-refractivity contribution in [2.45, 2.75) is 101 Å². The lowest BCUT2D eigenvalue weighted by atomic mass is 9.98. The molecule has 71 heavy (non-hydrogen) atoms. The smallest absolute Gasteiger partial charge is 0.407 e. The van der Waals surface area contributed by atoms with Crippen molar-refractivity contribution in [2.75, 3.05) is 27.1 Å². The lowest BCUT2D eigenvalue weighted by Gasteiger charge is -2.26. The van der Waals surface area contributed by atoms with E-state index < -0.39 is 50.6 Å². The van der Waals surface area contributed by atoms with Crippen molar-refractivity contribution in [3.8, 4) is 39.8 Å². The molecule has 1 atom stereocenters. The Balaban J connectivity index is 1.48. The van der Waals surface area contributed by atoms with E-state index in [0.717, 1.165) is 5.56 Å². The maximum atomic E-state index is 16.2. The lowest BCUT2D eigenvalue weighted by molar-refractivity contribution is 0.0508. The molecular formula is C51H62N8O9S2Si. The van der Waals surface area contributed by atoms with Gasteiger partial charge in [-0.25, -0.2) is 26.6 Å². The zero-order valence-corrected chi connectivity index (χ0v) is 44.4. The molecule has 0 radical (unpaired) electrons. The first-order chi connectivity index (χ1) is 33.5. The summed E-state index contributed by atoms with van der Waals surface area (Å²) in [6.07, 6.45) is -0.276. The number of sulfonamides is 1. The summed E-state index contributed by atoms with van der Waals surface area (Å²) < 4.78 is 85.4. The Bertz CT molecular complexity index is 3150. The number of hydrogen-bond acceptors (Lipinski definition) is 13. The molecule has 0 saturated carbocycles. The average Bonchev–Trinajstić information content (AvgIpc) is 3.96. The number of aromatic nitrogens is 6. The van der Waals surface area contributed by atoms with Crippen LogP contribution < -0.4 is 19.5 Å². The van der Waals surface area contributed by atoms with Crippen molar-refractivity contribution in [3.05, 3.63) is 126 Å². The minimum absolute atomic E-state index is 0.0634. The van der Waals surface area contributed by atoms with Gasteiger partial charge in [0.15, 0.2) is 9.84 Å². The maximum absolute atomic E-state index is 16.2. The summed E-state index contributed by atoms with van der Waals surface area (Å²) in [5, 5.41) is 16.6. The number of para-hydroxylation sites is 1. The molecular weight excluding hydrogens is 961 g/mol. The molecule has 2 aromatic heterocycles. The van der Waals surface area contributed by atoms with Crippen molar-refractivity contribution in [1.29, 1.82) is 0 Å². The predicted octanol–water partition coefficient (Wildman–Crippen LogP) is 8.92. The Morgan fingerprint density at radius 1 is 0.775 bits per heavy atom. The summed E-state index contributed by atoms with van der Waals surface area (Å²) in [6.45, 7) is 13.2. The third kappa shape index (κ3) is 13.0. The molecule has 0 bridgehead atoms. The van der Waals surface area contributed by atoms with E-state index in [1.54, 1.807) is 121 Å². The highest BCUT2D eigenvalue weighted by Gasteiger charge is 2.38. The minimum Gasteiger partial charge on any atom is -0.497 e. The van der Waals surface area contributed by atoms with Crippen LogP contribution in [0.1, 0.15) is 50.2 Å². The molecule has 0 aliphatic carbocycles. The van der Waals surface area contributed by atoms with E-state index in [-0.39, 0.29) is 41.7 Å². The van der Waals surface area contributed by atoms with Gasteiger partial charge in [-0.2, -0.15) is 9.10 Å². The number of rotatable bonds is 20. The quantitative estimate of drug-likeness (QED) is 0.0684. The van der Waals surface area contributed by atoms with Crippen molar-refractivity contribution in [2.24, 2.45) is 0 Å². The topological polar surface area (TPSA) is 210 Å². The Kier molecular flexibility index (Phi) is 15.7. The molecule has 0 aliphatic heterocycles. The largest absolute Gasteiger partial charge is 0.497 e. The highest BCUT2D eigenvalue weighted by Crippen LogP contribution is 2.43. The van der Waals surface area contributed by atoms with E-state index in [1.165, 1.54) is 15.2 Å². The fraction of sp³-hybridized carbons (Fsp3) is 0.353. The van der Waals surface area contributed by atoms with Crippen LogP contribution in [0.15, 0.2) is 113 Å². The summed E-state index contributed by atoms with van der Waals surface area (Å²) in [4.78, 5) is 21.5. The van der Waals surface area contributed by atoms with Crippen molar-refractivity contribution < 1.29 is 40.6 Å². The summed E-state index contributed by atoms with van der Waals surface area (Å²) in [6, 6.07) is 29.7. The molecule has 0 saturated heterocycles. The lowest BCUT2D eigenvalue weighted by Crippen LogP contribution is -2.38. The number of benzene rings is 5. The molecule has 376 valence electrons. The first kappa shape index (κ1) is 52.2. The summed E-state index contributed by atoms with van der Waals surface area (Å²) in [5.74, 6) is 1.95. The number of hydrogen-bond donors (Lipinski definition) is 2. The monoisotopic (exact) mass is 1020 g/mol. The number of carbonyl (C=O) groups excluding carboxylic acids is 1. The average molecular weight is 1020 g/mol. The number of ether oxygens (including phenoxy) is 4. The van der Waals surface area contributed by atoms with E-state index in [1.807, 2.05) is 25.1 Å². The Morgan fingerprint density at radius 3 is 1.87 bits per heavy atom. The van der Waals surface area contributed by atoms with Crippen molar-refractivity contribution in [3.63, 3.8) is 0 Å². The van der Waals surface area contributed by atoms with E-state index in [0.29, 0.717) is 68.8 Å². The van der Waals surface area contributed by atoms with Crippen LogP contribution in [0.4, 0.5) is 4.79 Å². The molecule has 1 unspecified atom stereocenters. The molecule has 7 rings (SSSR count).